The lowest BCUT2D eigenvalue weighted by Gasteiger charge is -2.15. The van der Waals surface area contributed by atoms with E-state index in [4.69, 9.17) is 5.11 Å². The highest BCUT2D eigenvalue weighted by Gasteiger charge is 2.41. The number of nitrogens with zero attached hydrogens (tertiary/aromatic N) is 2. The van der Waals surface area contributed by atoms with Crippen LogP contribution in [0.3, 0.4) is 0 Å². The molecular weight excluding hydrogens is 395 g/mol. The second kappa shape index (κ2) is 7.39. The van der Waals surface area contributed by atoms with Crippen molar-refractivity contribution in [3.63, 3.8) is 0 Å². The van der Waals surface area contributed by atoms with Crippen LogP contribution < -0.4 is 15.8 Å². The lowest BCUT2D eigenvalue weighted by atomic mass is 10.0. The number of hydrogen-bond acceptors (Lipinski definition) is 5. The third kappa shape index (κ3) is 3.39. The van der Waals surface area contributed by atoms with Crippen molar-refractivity contribution in [1.82, 2.24) is 15.5 Å². The predicted molar refractivity (Wildman–Crippen MR) is 104 cm³/mol. The fourth-order valence-electron chi connectivity index (χ4n) is 3.41. The van der Waals surface area contributed by atoms with Crippen molar-refractivity contribution in [2.45, 2.75) is 18.9 Å². The van der Waals surface area contributed by atoms with Crippen molar-refractivity contribution in [1.29, 1.82) is 0 Å². The average molecular weight is 410 g/mol. The van der Waals surface area contributed by atoms with Gasteiger partial charge in [0.25, 0.3) is 11.5 Å². The van der Waals surface area contributed by atoms with E-state index in [-0.39, 0.29) is 17.7 Å². The van der Waals surface area contributed by atoms with Gasteiger partial charge in [-0.1, -0.05) is 24.3 Å². The van der Waals surface area contributed by atoms with Crippen LogP contribution >= 0.6 is 0 Å². The molecule has 3 aromatic rings. The van der Waals surface area contributed by atoms with E-state index in [0.717, 1.165) is 6.07 Å². The molecule has 10 heteroatoms. The fraction of sp³-hybridized carbons (Fsp3) is 0.150. The van der Waals surface area contributed by atoms with Crippen molar-refractivity contribution >= 4 is 34.4 Å². The minimum Gasteiger partial charge on any atom is -0.481 e. The van der Waals surface area contributed by atoms with E-state index in [0.29, 0.717) is 26.9 Å². The molecule has 3 amide bonds. The van der Waals surface area contributed by atoms with Gasteiger partial charge in [0, 0.05) is 11.8 Å². The number of fused-ring (bicyclic) bond motifs is 1. The number of imide groups is 1. The summed E-state index contributed by atoms with van der Waals surface area (Å²) in [5.74, 6) is -2.91. The van der Waals surface area contributed by atoms with Gasteiger partial charge in [-0.2, -0.15) is 5.10 Å². The molecule has 1 fully saturated rings. The molecule has 2 heterocycles. The van der Waals surface area contributed by atoms with Crippen molar-refractivity contribution in [2.75, 3.05) is 4.90 Å². The number of rotatable bonds is 5. The van der Waals surface area contributed by atoms with Crippen LogP contribution in [-0.2, 0) is 16.0 Å². The zero-order valence-corrected chi connectivity index (χ0v) is 15.4. The topological polar surface area (TPSA) is 132 Å². The molecule has 1 unspecified atom stereocenters. The number of carboxylic acids is 1. The summed E-state index contributed by atoms with van der Waals surface area (Å²) in [6.07, 6.45) is -0.400. The highest BCUT2D eigenvalue weighted by atomic mass is 19.1. The van der Waals surface area contributed by atoms with E-state index in [9.17, 15) is 23.6 Å². The molecule has 1 saturated heterocycles. The smallest absolute Gasteiger partial charge is 0.329 e. The number of anilines is 1. The van der Waals surface area contributed by atoms with Crippen LogP contribution in [0.2, 0.25) is 0 Å². The largest absolute Gasteiger partial charge is 0.481 e. The quantitative estimate of drug-likeness (QED) is 0.547. The lowest BCUT2D eigenvalue weighted by molar-refractivity contribution is -0.139. The number of hydrogen-bond donors (Lipinski definition) is 3. The van der Waals surface area contributed by atoms with Crippen molar-refractivity contribution in [3.05, 3.63) is 69.9 Å². The Balaban J connectivity index is 1.69. The Morgan fingerprint density at radius 3 is 2.60 bits per heavy atom. The van der Waals surface area contributed by atoms with Crippen LogP contribution in [0.25, 0.3) is 10.8 Å². The molecule has 2 aromatic carbocycles. The number of nitrogens with one attached hydrogen (secondary N) is 2. The highest BCUT2D eigenvalue weighted by molar-refractivity contribution is 6.22. The third-order valence-corrected chi connectivity index (χ3v) is 4.80. The van der Waals surface area contributed by atoms with Crippen LogP contribution in [0.15, 0.2) is 47.3 Å². The number of carboxylic acid groups (broad SMARTS) is 1. The Hall–Kier alpha value is -4.08. The van der Waals surface area contributed by atoms with E-state index in [1.54, 1.807) is 24.3 Å². The first-order valence-electron chi connectivity index (χ1n) is 8.96. The summed E-state index contributed by atoms with van der Waals surface area (Å²) in [7, 11) is 0. The number of H-pyrrole nitrogens is 1. The molecular formula is C20H15FN4O5. The van der Waals surface area contributed by atoms with Crippen LogP contribution in [0, 0.1) is 5.82 Å². The van der Waals surface area contributed by atoms with Crippen LogP contribution in [0.4, 0.5) is 14.9 Å². The first-order valence-corrected chi connectivity index (χ1v) is 8.96. The molecule has 1 aliphatic rings. The average Bonchev–Trinajstić information content (AvgIpc) is 2.98. The number of amides is 3. The Kier molecular flexibility index (Phi) is 4.74. The van der Waals surface area contributed by atoms with Gasteiger partial charge in [-0.3, -0.25) is 14.4 Å². The van der Waals surface area contributed by atoms with Crippen LogP contribution in [0.1, 0.15) is 17.7 Å². The zero-order chi connectivity index (χ0) is 21.4. The van der Waals surface area contributed by atoms with E-state index in [2.05, 4.69) is 15.5 Å². The first-order chi connectivity index (χ1) is 14.3. The molecule has 1 atom stereocenters. The summed E-state index contributed by atoms with van der Waals surface area (Å²) in [5, 5.41) is 18.7. The molecule has 0 aliphatic carbocycles. The summed E-state index contributed by atoms with van der Waals surface area (Å²) in [6, 6.07) is 8.66. The summed E-state index contributed by atoms with van der Waals surface area (Å²) in [6.45, 7) is 0. The normalized spacial score (nSPS) is 16.2. The molecule has 1 aliphatic heterocycles. The second-order valence-corrected chi connectivity index (χ2v) is 6.78. The number of aromatic amines is 1. The maximum atomic E-state index is 14.4. The van der Waals surface area contributed by atoms with Gasteiger partial charge in [0.1, 0.15) is 11.9 Å². The maximum absolute atomic E-state index is 14.4. The minimum atomic E-state index is -1.26. The number of carbonyl (C=O) groups excluding carboxylic acids is 2. The maximum Gasteiger partial charge on any atom is 0.329 e. The molecule has 0 saturated carbocycles. The van der Waals surface area contributed by atoms with Gasteiger partial charge in [0.15, 0.2) is 0 Å². The van der Waals surface area contributed by atoms with Gasteiger partial charge in [-0.15, -0.1) is 0 Å². The second-order valence-electron chi connectivity index (χ2n) is 6.78. The molecule has 1 aromatic heterocycles. The van der Waals surface area contributed by atoms with Gasteiger partial charge in [-0.25, -0.2) is 19.2 Å². The van der Waals surface area contributed by atoms with E-state index >= 15 is 0 Å². The van der Waals surface area contributed by atoms with Gasteiger partial charge in [0.2, 0.25) is 0 Å². The molecule has 152 valence electrons. The molecule has 30 heavy (non-hydrogen) atoms. The monoisotopic (exact) mass is 410 g/mol. The molecule has 0 spiro atoms. The molecule has 0 bridgehead atoms. The van der Waals surface area contributed by atoms with Gasteiger partial charge in [0.05, 0.1) is 23.2 Å². The SMILES string of the molecule is O=C(O)CC1NC(=O)N(c2cc(Cc3n[nH]c(=O)c4ccccc34)ccc2F)C1=O. The van der Waals surface area contributed by atoms with Gasteiger partial charge < -0.3 is 10.4 Å². The van der Waals surface area contributed by atoms with Crippen LogP contribution in [0.5, 0.6) is 0 Å². The standard InChI is InChI=1S/C20H15FN4O5/c21-13-6-5-10(7-14-11-3-1-2-4-12(11)18(28)24-23-14)8-16(13)25-19(29)15(9-17(26)27)22-20(25)30/h1-6,8,15H,7,9H2,(H,22,30)(H,24,28)(H,26,27). The Bertz CT molecular complexity index is 1260. The first kappa shape index (κ1) is 19.2. The zero-order valence-electron chi connectivity index (χ0n) is 15.4. The predicted octanol–water partition coefficient (Wildman–Crippen LogP) is 1.55. The van der Waals surface area contributed by atoms with Crippen molar-refractivity contribution in [3.8, 4) is 0 Å². The number of carbonyl (C=O) groups is 3. The lowest BCUT2D eigenvalue weighted by Crippen LogP contribution is -2.33. The van der Waals surface area contributed by atoms with E-state index in [1.165, 1.54) is 12.1 Å². The Labute approximate surface area is 168 Å². The minimum absolute atomic E-state index is 0.201. The summed E-state index contributed by atoms with van der Waals surface area (Å²) in [5.41, 5.74) is 0.455. The number of halogens is 1. The van der Waals surface area contributed by atoms with Gasteiger partial charge >= 0.3 is 12.0 Å². The molecule has 0 radical (unpaired) electrons. The third-order valence-electron chi connectivity index (χ3n) is 4.80. The van der Waals surface area contributed by atoms with Crippen molar-refractivity contribution in [2.24, 2.45) is 0 Å². The number of aromatic nitrogens is 2. The highest BCUT2D eigenvalue weighted by Crippen LogP contribution is 2.27. The summed E-state index contributed by atoms with van der Waals surface area (Å²) < 4.78 is 14.4. The Morgan fingerprint density at radius 1 is 1.13 bits per heavy atom. The molecule has 4 rings (SSSR count). The Morgan fingerprint density at radius 2 is 1.87 bits per heavy atom. The molecule has 9 nitrogen and oxygen atoms in total. The summed E-state index contributed by atoms with van der Waals surface area (Å²) >= 11 is 0. The van der Waals surface area contributed by atoms with E-state index in [1.807, 2.05) is 0 Å². The van der Waals surface area contributed by atoms with Crippen molar-refractivity contribution < 1.29 is 23.9 Å². The van der Waals surface area contributed by atoms with Gasteiger partial charge in [-0.05, 0) is 23.8 Å². The van der Waals surface area contributed by atoms with E-state index < -0.39 is 36.2 Å². The fourth-order valence-corrected chi connectivity index (χ4v) is 3.41. The number of urea groups is 1. The van der Waals surface area contributed by atoms with Crippen LogP contribution in [-0.4, -0.2) is 39.3 Å². The molecule has 3 N–H and O–H groups in total. The number of benzene rings is 2. The number of aliphatic carboxylic acids is 1. The summed E-state index contributed by atoms with van der Waals surface area (Å²) in [4.78, 5) is 48.1.